The standard InChI is InChI=1S/C11H9ClO4/c1-15-11(14)8(13)10-9(16-10)6-2-4-7(12)5-3-6/h2-5,9-10H,1H3/t9-,10-/m1/s1. The van der Waals surface area contributed by atoms with Crippen molar-refractivity contribution in [3.63, 3.8) is 0 Å². The van der Waals surface area contributed by atoms with Crippen molar-refractivity contribution in [3.05, 3.63) is 34.9 Å². The summed E-state index contributed by atoms with van der Waals surface area (Å²) in [5.41, 5.74) is 0.826. The molecule has 1 saturated heterocycles. The van der Waals surface area contributed by atoms with E-state index in [1.165, 1.54) is 7.11 Å². The molecule has 1 aromatic carbocycles. The van der Waals surface area contributed by atoms with Crippen molar-refractivity contribution in [2.75, 3.05) is 7.11 Å². The van der Waals surface area contributed by atoms with Crippen LogP contribution in [0.15, 0.2) is 24.3 Å². The molecule has 0 saturated carbocycles. The molecule has 0 aromatic heterocycles. The predicted octanol–water partition coefficient (Wildman–Crippen LogP) is 1.52. The fourth-order valence-corrected chi connectivity index (χ4v) is 1.56. The zero-order valence-electron chi connectivity index (χ0n) is 8.48. The zero-order chi connectivity index (χ0) is 11.7. The Bertz CT molecular complexity index is 426. The normalized spacial score (nSPS) is 22.6. The first-order chi connectivity index (χ1) is 7.63. The van der Waals surface area contributed by atoms with Crippen molar-refractivity contribution >= 4 is 23.4 Å². The van der Waals surface area contributed by atoms with Gasteiger partial charge in [-0.15, -0.1) is 0 Å². The van der Waals surface area contributed by atoms with Gasteiger partial charge in [-0.3, -0.25) is 4.79 Å². The van der Waals surface area contributed by atoms with Gasteiger partial charge in [0.05, 0.1) is 7.11 Å². The molecule has 2 atom stereocenters. The topological polar surface area (TPSA) is 55.9 Å². The van der Waals surface area contributed by atoms with E-state index in [1.54, 1.807) is 24.3 Å². The number of rotatable bonds is 3. The number of carbonyl (C=O) groups is 2. The number of ketones is 1. The molecule has 0 spiro atoms. The van der Waals surface area contributed by atoms with Gasteiger partial charge in [0.2, 0.25) is 0 Å². The lowest BCUT2D eigenvalue weighted by molar-refractivity contribution is -0.152. The second-order valence-electron chi connectivity index (χ2n) is 3.38. The third-order valence-electron chi connectivity index (χ3n) is 2.34. The van der Waals surface area contributed by atoms with Crippen molar-refractivity contribution in [1.82, 2.24) is 0 Å². The number of hydrogen-bond donors (Lipinski definition) is 0. The number of Topliss-reactive ketones (excluding diaryl/α,β-unsaturated/α-hetero) is 1. The highest BCUT2D eigenvalue weighted by Gasteiger charge is 2.48. The Balaban J connectivity index is 2.04. The highest BCUT2D eigenvalue weighted by atomic mass is 35.5. The van der Waals surface area contributed by atoms with Gasteiger partial charge >= 0.3 is 5.97 Å². The smallest absolute Gasteiger partial charge is 0.377 e. The van der Waals surface area contributed by atoms with E-state index in [1.807, 2.05) is 0 Å². The van der Waals surface area contributed by atoms with Crippen LogP contribution >= 0.6 is 11.6 Å². The molecule has 1 aromatic rings. The van der Waals surface area contributed by atoms with Crippen LogP contribution in [0.2, 0.25) is 5.02 Å². The SMILES string of the molecule is COC(=O)C(=O)[C@H]1O[C@@H]1c1ccc(Cl)cc1. The Morgan fingerprint density at radius 3 is 2.50 bits per heavy atom. The van der Waals surface area contributed by atoms with Gasteiger partial charge in [-0.2, -0.15) is 0 Å². The molecular weight excluding hydrogens is 232 g/mol. The summed E-state index contributed by atoms with van der Waals surface area (Å²) in [6, 6.07) is 6.94. The first kappa shape index (κ1) is 11.1. The van der Waals surface area contributed by atoms with Crippen LogP contribution in [0.4, 0.5) is 0 Å². The summed E-state index contributed by atoms with van der Waals surface area (Å²) in [6.07, 6.45) is -1.07. The number of ether oxygens (including phenoxy) is 2. The van der Waals surface area contributed by atoms with Crippen molar-refractivity contribution < 1.29 is 19.1 Å². The second-order valence-corrected chi connectivity index (χ2v) is 3.82. The molecule has 0 bridgehead atoms. The summed E-state index contributed by atoms with van der Waals surface area (Å²) < 4.78 is 9.46. The number of benzene rings is 1. The van der Waals surface area contributed by atoms with E-state index in [0.29, 0.717) is 5.02 Å². The van der Waals surface area contributed by atoms with E-state index >= 15 is 0 Å². The minimum absolute atomic E-state index is 0.358. The van der Waals surface area contributed by atoms with Gasteiger partial charge in [0.25, 0.3) is 5.78 Å². The van der Waals surface area contributed by atoms with Gasteiger partial charge in [-0.1, -0.05) is 23.7 Å². The molecule has 1 aliphatic rings. The van der Waals surface area contributed by atoms with E-state index in [0.717, 1.165) is 5.56 Å². The van der Waals surface area contributed by atoms with Gasteiger partial charge in [0.1, 0.15) is 6.10 Å². The molecule has 0 N–H and O–H groups in total. The number of methoxy groups -OCH3 is 1. The van der Waals surface area contributed by atoms with Crippen LogP contribution in [-0.4, -0.2) is 25.0 Å². The van der Waals surface area contributed by atoms with E-state index in [9.17, 15) is 9.59 Å². The fourth-order valence-electron chi connectivity index (χ4n) is 1.43. The lowest BCUT2D eigenvalue weighted by atomic mass is 10.1. The molecule has 16 heavy (non-hydrogen) atoms. The van der Waals surface area contributed by atoms with E-state index in [4.69, 9.17) is 16.3 Å². The lowest BCUT2D eigenvalue weighted by Gasteiger charge is -1.96. The molecule has 0 radical (unpaired) electrons. The molecule has 4 nitrogen and oxygen atoms in total. The molecule has 0 amide bonds. The van der Waals surface area contributed by atoms with Crippen molar-refractivity contribution in [2.24, 2.45) is 0 Å². The Morgan fingerprint density at radius 1 is 1.31 bits per heavy atom. The summed E-state index contributed by atoms with van der Waals surface area (Å²) in [5, 5.41) is 0.611. The molecule has 1 aliphatic heterocycles. The number of carbonyl (C=O) groups excluding carboxylic acids is 2. The quantitative estimate of drug-likeness (QED) is 0.457. The van der Waals surface area contributed by atoms with Gasteiger partial charge < -0.3 is 9.47 Å². The molecule has 1 fully saturated rings. The summed E-state index contributed by atoms with van der Waals surface area (Å²) in [6.45, 7) is 0. The monoisotopic (exact) mass is 240 g/mol. The van der Waals surface area contributed by atoms with E-state index in [-0.39, 0.29) is 6.10 Å². The Hall–Kier alpha value is -1.39. The minimum atomic E-state index is -0.874. The number of hydrogen-bond acceptors (Lipinski definition) is 4. The number of esters is 1. The highest BCUT2D eigenvalue weighted by Crippen LogP contribution is 2.39. The molecular formula is C11H9ClO4. The number of epoxide rings is 1. The van der Waals surface area contributed by atoms with E-state index in [2.05, 4.69) is 4.74 Å². The minimum Gasteiger partial charge on any atom is -0.463 e. The van der Waals surface area contributed by atoms with E-state index < -0.39 is 17.9 Å². The summed E-state index contributed by atoms with van der Waals surface area (Å²) >= 11 is 5.73. The van der Waals surface area contributed by atoms with Crippen molar-refractivity contribution in [2.45, 2.75) is 12.2 Å². The van der Waals surface area contributed by atoms with Crippen LogP contribution in [0.25, 0.3) is 0 Å². The maximum absolute atomic E-state index is 11.4. The van der Waals surface area contributed by atoms with Gasteiger partial charge in [-0.05, 0) is 17.7 Å². The molecule has 0 aliphatic carbocycles. The predicted molar refractivity (Wildman–Crippen MR) is 56.1 cm³/mol. The Kier molecular flexibility index (Phi) is 2.94. The van der Waals surface area contributed by atoms with Crippen LogP contribution in [0.3, 0.4) is 0 Å². The van der Waals surface area contributed by atoms with Crippen LogP contribution in [0.1, 0.15) is 11.7 Å². The van der Waals surface area contributed by atoms with Crippen LogP contribution in [0, 0.1) is 0 Å². The van der Waals surface area contributed by atoms with Gasteiger partial charge in [-0.25, -0.2) is 4.79 Å². The summed E-state index contributed by atoms with van der Waals surface area (Å²) in [7, 11) is 1.17. The third-order valence-corrected chi connectivity index (χ3v) is 2.59. The Labute approximate surface area is 97.1 Å². The summed E-state index contributed by atoms with van der Waals surface area (Å²) in [4.78, 5) is 22.3. The fraction of sp³-hybridized carbons (Fsp3) is 0.273. The molecule has 0 unspecified atom stereocenters. The molecule has 84 valence electrons. The van der Waals surface area contributed by atoms with Crippen molar-refractivity contribution in [1.29, 1.82) is 0 Å². The first-order valence-electron chi connectivity index (χ1n) is 4.66. The molecule has 5 heteroatoms. The number of halogens is 1. The average molecular weight is 241 g/mol. The average Bonchev–Trinajstić information content (AvgIpc) is 3.08. The molecule has 2 rings (SSSR count). The van der Waals surface area contributed by atoms with Crippen LogP contribution in [0.5, 0.6) is 0 Å². The first-order valence-corrected chi connectivity index (χ1v) is 5.04. The van der Waals surface area contributed by atoms with Crippen LogP contribution in [-0.2, 0) is 19.1 Å². The Morgan fingerprint density at radius 2 is 1.94 bits per heavy atom. The second kappa shape index (κ2) is 4.23. The largest absolute Gasteiger partial charge is 0.463 e. The summed E-state index contributed by atoms with van der Waals surface area (Å²) in [5.74, 6) is -1.52. The highest BCUT2D eigenvalue weighted by molar-refractivity contribution is 6.36. The third kappa shape index (κ3) is 2.08. The maximum atomic E-state index is 11.4. The molecule has 1 heterocycles. The maximum Gasteiger partial charge on any atom is 0.377 e. The van der Waals surface area contributed by atoms with Crippen LogP contribution < -0.4 is 0 Å². The zero-order valence-corrected chi connectivity index (χ0v) is 9.23. The van der Waals surface area contributed by atoms with Crippen molar-refractivity contribution in [3.8, 4) is 0 Å². The van der Waals surface area contributed by atoms with Gasteiger partial charge in [0, 0.05) is 5.02 Å². The lowest BCUT2D eigenvalue weighted by Crippen LogP contribution is -2.21. The van der Waals surface area contributed by atoms with Gasteiger partial charge in [0.15, 0.2) is 6.10 Å².